The van der Waals surface area contributed by atoms with Crippen LogP contribution in [0.5, 0.6) is 0 Å². The molecule has 2 heterocycles. The minimum absolute atomic E-state index is 0.0814. The van der Waals surface area contributed by atoms with Crippen LogP contribution in [-0.2, 0) is 4.84 Å². The smallest absolute Gasteiger partial charge is 0.319 e. The molecule has 0 radical (unpaired) electrons. The number of oxime groups is 1. The van der Waals surface area contributed by atoms with E-state index in [-0.39, 0.29) is 12.1 Å². The van der Waals surface area contributed by atoms with E-state index < -0.39 is 0 Å². The third-order valence-electron chi connectivity index (χ3n) is 3.69. The van der Waals surface area contributed by atoms with Gasteiger partial charge in [0.25, 0.3) is 0 Å². The highest BCUT2D eigenvalue weighted by molar-refractivity contribution is 5.89. The average molecular weight is 328 g/mol. The first-order valence-corrected chi connectivity index (χ1v) is 7.90. The highest BCUT2D eigenvalue weighted by Gasteiger charge is 2.20. The van der Waals surface area contributed by atoms with E-state index in [1.807, 2.05) is 38.1 Å². The summed E-state index contributed by atoms with van der Waals surface area (Å²) in [6.07, 6.45) is 1.56. The summed E-state index contributed by atoms with van der Waals surface area (Å²) in [6, 6.07) is 7.07. The van der Waals surface area contributed by atoms with E-state index in [2.05, 4.69) is 31.0 Å². The van der Waals surface area contributed by atoms with Crippen molar-refractivity contribution >= 4 is 17.4 Å². The number of benzene rings is 1. The van der Waals surface area contributed by atoms with Gasteiger partial charge in [0.05, 0.1) is 12.3 Å². The molecule has 3 rings (SSSR count). The van der Waals surface area contributed by atoms with Crippen LogP contribution in [-0.4, -0.2) is 39.6 Å². The number of carbonyl (C=O) groups is 1. The molecule has 1 atom stereocenters. The molecule has 1 aliphatic heterocycles. The fraction of sp³-hybridized carbons (Fsp3) is 0.375. The Morgan fingerprint density at radius 1 is 1.38 bits per heavy atom. The van der Waals surface area contributed by atoms with Gasteiger partial charge in [0.15, 0.2) is 5.82 Å². The van der Waals surface area contributed by atoms with Crippen LogP contribution in [0.15, 0.2) is 29.4 Å². The third kappa shape index (κ3) is 3.89. The number of nitrogens with zero attached hydrogens (tertiary/aromatic N) is 3. The summed E-state index contributed by atoms with van der Waals surface area (Å²) in [5.41, 5.74) is 2.61. The molecule has 8 nitrogen and oxygen atoms in total. The van der Waals surface area contributed by atoms with E-state index in [4.69, 9.17) is 4.84 Å². The minimum atomic E-state index is -0.273. The largest absolute Gasteiger partial charge is 0.390 e. The highest BCUT2D eigenvalue weighted by atomic mass is 16.6. The molecule has 0 saturated heterocycles. The summed E-state index contributed by atoms with van der Waals surface area (Å²) in [5, 5.41) is 16.4. The van der Waals surface area contributed by atoms with Gasteiger partial charge in [-0.1, -0.05) is 12.1 Å². The average Bonchev–Trinajstić information content (AvgIpc) is 3.22. The SMILES string of the molecule is CCC1=NO[C@H](CNC(=O)Nc2ccc(-c3n[nH]c(C)n3)cc2)C1. The first-order chi connectivity index (χ1) is 11.6. The second-order valence-electron chi connectivity index (χ2n) is 5.60. The van der Waals surface area contributed by atoms with Gasteiger partial charge in [-0.25, -0.2) is 9.78 Å². The van der Waals surface area contributed by atoms with Crippen molar-refractivity contribution in [1.82, 2.24) is 20.5 Å². The number of hydrogen-bond donors (Lipinski definition) is 3. The number of amides is 2. The standard InChI is InChI=1S/C16H20N6O2/c1-3-12-8-14(24-22-12)9-17-16(23)19-13-6-4-11(5-7-13)15-18-10(2)20-21-15/h4-7,14H,3,8-9H2,1-2H3,(H2,17,19,23)(H,18,20,21)/t14-/m0/s1. The molecular weight excluding hydrogens is 308 g/mol. The molecule has 1 aliphatic rings. The van der Waals surface area contributed by atoms with Gasteiger partial charge in [-0.3, -0.25) is 5.10 Å². The molecule has 126 valence electrons. The van der Waals surface area contributed by atoms with Crippen LogP contribution in [0.3, 0.4) is 0 Å². The molecule has 2 amide bonds. The molecule has 8 heteroatoms. The molecule has 2 aromatic rings. The number of rotatable bonds is 5. The van der Waals surface area contributed by atoms with E-state index in [1.165, 1.54) is 0 Å². The van der Waals surface area contributed by atoms with Crippen LogP contribution >= 0.6 is 0 Å². The quantitative estimate of drug-likeness (QED) is 0.784. The normalized spacial score (nSPS) is 16.4. The molecule has 0 bridgehead atoms. The second-order valence-corrected chi connectivity index (χ2v) is 5.60. The topological polar surface area (TPSA) is 104 Å². The molecule has 3 N–H and O–H groups in total. The molecule has 24 heavy (non-hydrogen) atoms. The third-order valence-corrected chi connectivity index (χ3v) is 3.69. The van der Waals surface area contributed by atoms with Crippen LogP contribution in [0.1, 0.15) is 25.6 Å². The van der Waals surface area contributed by atoms with Gasteiger partial charge >= 0.3 is 6.03 Å². The van der Waals surface area contributed by atoms with E-state index >= 15 is 0 Å². The van der Waals surface area contributed by atoms with Gasteiger partial charge in [0.1, 0.15) is 11.9 Å². The number of aromatic amines is 1. The molecule has 0 saturated carbocycles. The molecular formula is C16H20N6O2. The molecule has 0 fully saturated rings. The lowest BCUT2D eigenvalue weighted by molar-refractivity contribution is 0.0870. The van der Waals surface area contributed by atoms with Crippen molar-refractivity contribution in [3.63, 3.8) is 0 Å². The monoisotopic (exact) mass is 328 g/mol. The first-order valence-electron chi connectivity index (χ1n) is 7.90. The van der Waals surface area contributed by atoms with Crippen molar-refractivity contribution in [2.45, 2.75) is 32.8 Å². The van der Waals surface area contributed by atoms with E-state index in [0.29, 0.717) is 18.1 Å². The molecule has 0 aliphatic carbocycles. The van der Waals surface area contributed by atoms with Crippen molar-refractivity contribution < 1.29 is 9.63 Å². The highest BCUT2D eigenvalue weighted by Crippen LogP contribution is 2.18. The summed E-state index contributed by atoms with van der Waals surface area (Å²) in [5.74, 6) is 1.39. The Balaban J connectivity index is 1.48. The van der Waals surface area contributed by atoms with Gasteiger partial charge in [-0.2, -0.15) is 5.10 Å². The van der Waals surface area contributed by atoms with Crippen LogP contribution in [0.2, 0.25) is 0 Å². The molecule has 1 aromatic heterocycles. The van der Waals surface area contributed by atoms with Crippen LogP contribution in [0.25, 0.3) is 11.4 Å². The van der Waals surface area contributed by atoms with Gasteiger partial charge in [-0.15, -0.1) is 0 Å². The van der Waals surface area contributed by atoms with Crippen LogP contribution in [0.4, 0.5) is 10.5 Å². The predicted molar refractivity (Wildman–Crippen MR) is 90.8 cm³/mol. The van der Waals surface area contributed by atoms with Crippen LogP contribution in [0, 0.1) is 6.92 Å². The zero-order chi connectivity index (χ0) is 16.9. The van der Waals surface area contributed by atoms with Crippen molar-refractivity contribution in [2.24, 2.45) is 5.16 Å². The first kappa shape index (κ1) is 16.0. The lowest BCUT2D eigenvalue weighted by atomic mass is 10.1. The number of carbonyl (C=O) groups excluding carboxylic acids is 1. The molecule has 0 spiro atoms. The molecule has 0 unspecified atom stereocenters. The zero-order valence-electron chi connectivity index (χ0n) is 13.7. The number of nitrogens with one attached hydrogen (secondary N) is 3. The maximum absolute atomic E-state index is 11.9. The summed E-state index contributed by atoms with van der Waals surface area (Å²) in [7, 11) is 0. The van der Waals surface area contributed by atoms with Crippen LogP contribution < -0.4 is 10.6 Å². The van der Waals surface area contributed by atoms with Gasteiger partial charge in [0.2, 0.25) is 0 Å². The molecule has 1 aromatic carbocycles. The fourth-order valence-electron chi connectivity index (χ4n) is 2.36. The maximum atomic E-state index is 11.9. The van der Waals surface area contributed by atoms with Crippen molar-refractivity contribution in [1.29, 1.82) is 0 Å². The van der Waals surface area contributed by atoms with Gasteiger partial charge in [0, 0.05) is 17.7 Å². The second kappa shape index (κ2) is 7.12. The fourth-order valence-corrected chi connectivity index (χ4v) is 2.36. The maximum Gasteiger partial charge on any atom is 0.319 e. The number of aryl methyl sites for hydroxylation is 1. The Bertz CT molecular complexity index is 737. The number of hydrogen-bond acceptors (Lipinski definition) is 5. The summed E-state index contributed by atoms with van der Waals surface area (Å²) < 4.78 is 0. The Morgan fingerprint density at radius 2 is 2.17 bits per heavy atom. The Kier molecular flexibility index (Phi) is 4.74. The van der Waals surface area contributed by atoms with E-state index in [9.17, 15) is 4.79 Å². The van der Waals surface area contributed by atoms with E-state index in [1.54, 1.807) is 0 Å². The summed E-state index contributed by atoms with van der Waals surface area (Å²) >= 11 is 0. The number of anilines is 1. The Labute approximate surface area is 139 Å². The summed E-state index contributed by atoms with van der Waals surface area (Å²) in [6.45, 7) is 4.31. The van der Waals surface area contributed by atoms with E-state index in [0.717, 1.165) is 29.9 Å². The van der Waals surface area contributed by atoms with Crippen molar-refractivity contribution in [3.8, 4) is 11.4 Å². The lowest BCUT2D eigenvalue weighted by Crippen LogP contribution is -2.35. The van der Waals surface area contributed by atoms with Crippen molar-refractivity contribution in [2.75, 3.05) is 11.9 Å². The van der Waals surface area contributed by atoms with Crippen molar-refractivity contribution in [3.05, 3.63) is 30.1 Å². The predicted octanol–water partition coefficient (Wildman–Crippen LogP) is 2.46. The Morgan fingerprint density at radius 3 is 2.79 bits per heavy atom. The van der Waals surface area contributed by atoms with Gasteiger partial charge < -0.3 is 15.5 Å². The zero-order valence-corrected chi connectivity index (χ0v) is 13.7. The lowest BCUT2D eigenvalue weighted by Gasteiger charge is -2.11. The number of H-pyrrole nitrogens is 1. The number of aromatic nitrogens is 3. The summed E-state index contributed by atoms with van der Waals surface area (Å²) in [4.78, 5) is 21.5. The number of urea groups is 1. The van der Waals surface area contributed by atoms with Gasteiger partial charge in [-0.05, 0) is 37.6 Å². The minimum Gasteiger partial charge on any atom is -0.390 e. The Hall–Kier alpha value is -2.90.